The topological polar surface area (TPSA) is 47.9 Å². The molecule has 1 spiro atoms. The summed E-state index contributed by atoms with van der Waals surface area (Å²) in [6.45, 7) is 7.64. The van der Waals surface area contributed by atoms with Gasteiger partial charge in [0, 0.05) is 39.1 Å². The van der Waals surface area contributed by atoms with Crippen LogP contribution in [0, 0.1) is 5.41 Å². The van der Waals surface area contributed by atoms with Crippen molar-refractivity contribution < 1.29 is 4.79 Å². The van der Waals surface area contributed by atoms with Crippen molar-refractivity contribution in [3.63, 3.8) is 0 Å². The number of amides is 1. The molecule has 2 saturated heterocycles. The third-order valence-electron chi connectivity index (χ3n) is 6.43. The summed E-state index contributed by atoms with van der Waals surface area (Å²) in [5.74, 6) is 1.34. The molecule has 27 heavy (non-hydrogen) atoms. The zero-order valence-corrected chi connectivity index (χ0v) is 16.5. The monoisotopic (exact) mass is 368 g/mol. The van der Waals surface area contributed by atoms with E-state index in [1.807, 2.05) is 4.90 Å². The number of aliphatic imine (C=N–C) groups is 1. The summed E-state index contributed by atoms with van der Waals surface area (Å²) in [7, 11) is 0. The molecule has 0 radical (unpaired) electrons. The minimum Gasteiger partial charge on any atom is -0.357 e. The van der Waals surface area contributed by atoms with Gasteiger partial charge in [0.25, 0.3) is 0 Å². The van der Waals surface area contributed by atoms with Crippen molar-refractivity contribution in [1.82, 2.24) is 15.1 Å². The van der Waals surface area contributed by atoms with E-state index in [9.17, 15) is 4.79 Å². The van der Waals surface area contributed by atoms with Crippen molar-refractivity contribution in [3.8, 4) is 0 Å². The molecule has 0 atom stereocenters. The van der Waals surface area contributed by atoms with Gasteiger partial charge in [0.2, 0.25) is 5.91 Å². The molecule has 1 amide bonds. The van der Waals surface area contributed by atoms with E-state index in [1.165, 1.54) is 36.8 Å². The Balaban J connectivity index is 1.40. The molecule has 1 aliphatic carbocycles. The molecule has 3 aliphatic rings. The molecule has 0 unspecified atom stereocenters. The molecule has 5 heteroatoms. The average Bonchev–Trinajstić information content (AvgIpc) is 3.26. The van der Waals surface area contributed by atoms with Crippen molar-refractivity contribution >= 4 is 11.9 Å². The van der Waals surface area contributed by atoms with Crippen molar-refractivity contribution in [2.24, 2.45) is 10.4 Å². The van der Waals surface area contributed by atoms with Gasteiger partial charge in [-0.05, 0) is 49.1 Å². The molecule has 146 valence electrons. The summed E-state index contributed by atoms with van der Waals surface area (Å²) in [5.41, 5.74) is 3.00. The third-order valence-corrected chi connectivity index (χ3v) is 6.43. The molecule has 1 N–H and O–H groups in total. The molecule has 0 aromatic heterocycles. The fourth-order valence-corrected chi connectivity index (χ4v) is 4.71. The predicted molar refractivity (Wildman–Crippen MR) is 108 cm³/mol. The lowest BCUT2D eigenvalue weighted by Gasteiger charge is -2.38. The Hall–Kier alpha value is -2.04. The lowest BCUT2D eigenvalue weighted by atomic mass is 9.68. The van der Waals surface area contributed by atoms with Crippen molar-refractivity contribution in [2.75, 3.05) is 26.2 Å². The average molecular weight is 369 g/mol. The minimum atomic E-state index is 0.284. The van der Waals surface area contributed by atoms with E-state index < -0.39 is 0 Å². The van der Waals surface area contributed by atoms with E-state index in [0.29, 0.717) is 18.4 Å². The van der Waals surface area contributed by atoms with Crippen LogP contribution in [-0.4, -0.2) is 47.8 Å². The highest BCUT2D eigenvalue weighted by molar-refractivity contribution is 5.80. The third kappa shape index (κ3) is 4.12. The fraction of sp³-hybridized carbons (Fsp3) is 0.636. The molecule has 1 aromatic rings. The molecular formula is C22H32N4O. The smallest absolute Gasteiger partial charge is 0.222 e. The molecule has 5 nitrogen and oxygen atoms in total. The van der Waals surface area contributed by atoms with Crippen molar-refractivity contribution in [3.05, 3.63) is 35.4 Å². The van der Waals surface area contributed by atoms with Gasteiger partial charge in [-0.1, -0.05) is 30.7 Å². The van der Waals surface area contributed by atoms with Gasteiger partial charge in [0.15, 0.2) is 5.96 Å². The lowest BCUT2D eigenvalue weighted by molar-refractivity contribution is -0.128. The van der Waals surface area contributed by atoms with Crippen LogP contribution in [0.5, 0.6) is 0 Å². The van der Waals surface area contributed by atoms with Gasteiger partial charge in [-0.3, -0.25) is 4.79 Å². The van der Waals surface area contributed by atoms with Crippen LogP contribution < -0.4 is 5.32 Å². The Bertz CT molecular complexity index is 710. The maximum Gasteiger partial charge on any atom is 0.222 e. The number of benzene rings is 1. The summed E-state index contributed by atoms with van der Waals surface area (Å²) in [6.07, 6.45) is 7.19. The normalized spacial score (nSPS) is 21.8. The van der Waals surface area contributed by atoms with Crippen molar-refractivity contribution in [1.29, 1.82) is 0 Å². The Morgan fingerprint density at radius 2 is 2.04 bits per heavy atom. The van der Waals surface area contributed by atoms with Gasteiger partial charge >= 0.3 is 0 Å². The van der Waals surface area contributed by atoms with Crippen LogP contribution in [0.25, 0.3) is 0 Å². The van der Waals surface area contributed by atoms with E-state index >= 15 is 0 Å². The molecule has 2 aliphatic heterocycles. The van der Waals surface area contributed by atoms with Crippen LogP contribution in [0.15, 0.2) is 29.3 Å². The van der Waals surface area contributed by atoms with Crippen LogP contribution in [0.2, 0.25) is 0 Å². The van der Waals surface area contributed by atoms with E-state index in [0.717, 1.165) is 45.1 Å². The van der Waals surface area contributed by atoms with E-state index in [2.05, 4.69) is 41.4 Å². The van der Waals surface area contributed by atoms with Gasteiger partial charge in [0.05, 0.1) is 6.54 Å². The lowest BCUT2D eigenvalue weighted by Crippen LogP contribution is -2.42. The Labute approximate surface area is 162 Å². The number of guanidine groups is 1. The van der Waals surface area contributed by atoms with Gasteiger partial charge in [-0.25, -0.2) is 4.99 Å². The van der Waals surface area contributed by atoms with E-state index in [4.69, 9.17) is 4.99 Å². The first-order valence-electron chi connectivity index (χ1n) is 10.6. The number of likely N-dealkylation sites (tertiary alicyclic amines) is 2. The number of carbonyl (C=O) groups excluding carboxylic acids is 1. The summed E-state index contributed by atoms with van der Waals surface area (Å²) >= 11 is 0. The molecule has 1 saturated carbocycles. The number of nitrogens with zero attached hydrogens (tertiary/aromatic N) is 3. The second-order valence-electron chi connectivity index (χ2n) is 8.43. The standard InChI is InChI=1S/C22H32N4O/c1-2-23-21(26-13-11-22(17-26)9-5-10-22)24-15-18-6-3-7-19(14-18)16-25-12-4-8-20(25)27/h3,6-7,14H,2,4-5,8-13,15-17H2,1H3,(H,23,24). The molecule has 3 fully saturated rings. The SMILES string of the molecule is CCNC(=NCc1cccc(CN2CCCC2=O)c1)N1CCC2(CCC2)C1. The number of hydrogen-bond acceptors (Lipinski definition) is 2. The minimum absolute atomic E-state index is 0.284. The first-order valence-corrected chi connectivity index (χ1v) is 10.6. The molecule has 2 heterocycles. The van der Waals surface area contributed by atoms with Gasteiger partial charge < -0.3 is 15.1 Å². The first-order chi connectivity index (χ1) is 13.2. The van der Waals surface area contributed by atoms with Crippen molar-refractivity contribution in [2.45, 2.75) is 58.5 Å². The van der Waals surface area contributed by atoms with Crippen LogP contribution in [0.1, 0.15) is 56.6 Å². The zero-order chi connectivity index (χ0) is 18.7. The molecule has 0 bridgehead atoms. The van der Waals surface area contributed by atoms with Crippen LogP contribution in [-0.2, 0) is 17.9 Å². The largest absolute Gasteiger partial charge is 0.357 e. The van der Waals surface area contributed by atoms with Gasteiger partial charge in [-0.2, -0.15) is 0 Å². The maximum atomic E-state index is 11.9. The van der Waals surface area contributed by atoms with E-state index in [1.54, 1.807) is 0 Å². The summed E-state index contributed by atoms with van der Waals surface area (Å²) in [4.78, 5) is 21.2. The number of nitrogens with one attached hydrogen (secondary N) is 1. The Morgan fingerprint density at radius 1 is 1.19 bits per heavy atom. The second kappa shape index (κ2) is 7.91. The van der Waals surface area contributed by atoms with Crippen LogP contribution in [0.3, 0.4) is 0 Å². The van der Waals surface area contributed by atoms with Crippen LogP contribution in [0.4, 0.5) is 0 Å². The highest BCUT2D eigenvalue weighted by Crippen LogP contribution is 2.47. The summed E-state index contributed by atoms with van der Waals surface area (Å²) < 4.78 is 0. The highest BCUT2D eigenvalue weighted by Gasteiger charge is 2.43. The van der Waals surface area contributed by atoms with Gasteiger partial charge in [0.1, 0.15) is 0 Å². The molecule has 4 rings (SSSR count). The predicted octanol–water partition coefficient (Wildman–Crippen LogP) is 3.15. The maximum absolute atomic E-state index is 11.9. The molecule has 1 aromatic carbocycles. The van der Waals surface area contributed by atoms with E-state index in [-0.39, 0.29) is 5.91 Å². The summed E-state index contributed by atoms with van der Waals surface area (Å²) in [6, 6.07) is 8.55. The van der Waals surface area contributed by atoms with Gasteiger partial charge in [-0.15, -0.1) is 0 Å². The summed E-state index contributed by atoms with van der Waals surface area (Å²) in [5, 5.41) is 3.48. The molecular weight excluding hydrogens is 336 g/mol. The number of rotatable bonds is 5. The zero-order valence-electron chi connectivity index (χ0n) is 16.5. The number of hydrogen-bond donors (Lipinski definition) is 1. The Morgan fingerprint density at radius 3 is 2.70 bits per heavy atom. The van der Waals surface area contributed by atoms with Crippen LogP contribution >= 0.6 is 0 Å². The quantitative estimate of drug-likeness (QED) is 0.642. The number of carbonyl (C=O) groups is 1. The second-order valence-corrected chi connectivity index (χ2v) is 8.43. The first kappa shape index (κ1) is 18.3. The fourth-order valence-electron chi connectivity index (χ4n) is 4.71. The Kier molecular flexibility index (Phi) is 5.37. The highest BCUT2D eigenvalue weighted by atomic mass is 16.2.